The molecule has 1 heterocycles. The quantitative estimate of drug-likeness (QED) is 0.852. The summed E-state index contributed by atoms with van der Waals surface area (Å²) in [4.78, 5) is 2.02. The smallest absolute Gasteiger partial charge is 0.0786 e. The van der Waals surface area contributed by atoms with Gasteiger partial charge in [0, 0.05) is 20.6 Å². The Morgan fingerprint density at radius 3 is 2.78 bits per heavy atom. The fraction of sp³-hybridized carbons (Fsp3) is 0.231. The number of nitrogens with one attached hydrogen (secondary N) is 1. The Kier molecular flexibility index (Phi) is 4.54. The molecule has 0 aliphatic rings. The van der Waals surface area contributed by atoms with E-state index in [2.05, 4.69) is 32.7 Å². The van der Waals surface area contributed by atoms with Crippen molar-refractivity contribution in [3.63, 3.8) is 0 Å². The Morgan fingerprint density at radius 1 is 1.39 bits per heavy atom. The second-order valence-electron chi connectivity index (χ2n) is 4.14. The molecule has 1 aromatic carbocycles. The van der Waals surface area contributed by atoms with E-state index in [1.165, 1.54) is 5.56 Å². The molecule has 0 fully saturated rings. The van der Waals surface area contributed by atoms with Crippen LogP contribution in [0, 0.1) is 0 Å². The zero-order chi connectivity index (χ0) is 13.1. The molecule has 96 valence electrons. The van der Waals surface area contributed by atoms with Crippen molar-refractivity contribution in [3.05, 3.63) is 44.0 Å². The highest BCUT2D eigenvalue weighted by Crippen LogP contribution is 2.33. The third-order valence-corrected chi connectivity index (χ3v) is 4.40. The average molecular weight is 346 g/mol. The molecule has 0 aliphatic carbocycles. The molecule has 0 saturated heterocycles. The number of rotatable bonds is 4. The van der Waals surface area contributed by atoms with E-state index in [0.29, 0.717) is 0 Å². The normalized spacial score (nSPS) is 10.4. The van der Waals surface area contributed by atoms with Crippen LogP contribution in [0.4, 0.5) is 11.4 Å². The number of anilines is 2. The van der Waals surface area contributed by atoms with Crippen LogP contribution in [0.25, 0.3) is 0 Å². The maximum atomic E-state index is 6.22. The minimum atomic E-state index is 0.761. The van der Waals surface area contributed by atoms with Gasteiger partial charge in [0.15, 0.2) is 0 Å². The van der Waals surface area contributed by atoms with Gasteiger partial charge in [-0.1, -0.05) is 17.7 Å². The van der Waals surface area contributed by atoms with E-state index in [-0.39, 0.29) is 0 Å². The summed E-state index contributed by atoms with van der Waals surface area (Å²) in [6, 6.07) is 8.03. The third kappa shape index (κ3) is 3.19. The molecule has 2 aromatic rings. The first-order valence-corrected chi connectivity index (χ1v) is 7.55. The van der Waals surface area contributed by atoms with E-state index < -0.39 is 0 Å². The van der Waals surface area contributed by atoms with Gasteiger partial charge in [-0.25, -0.2) is 0 Å². The molecule has 0 amide bonds. The first-order chi connectivity index (χ1) is 8.58. The van der Waals surface area contributed by atoms with Crippen molar-refractivity contribution in [2.45, 2.75) is 6.54 Å². The zero-order valence-corrected chi connectivity index (χ0v) is 13.4. The fourth-order valence-corrected chi connectivity index (χ4v) is 3.30. The van der Waals surface area contributed by atoms with Gasteiger partial charge >= 0.3 is 0 Å². The summed E-state index contributed by atoms with van der Waals surface area (Å²) in [5.41, 5.74) is 3.33. The van der Waals surface area contributed by atoms with Gasteiger partial charge in [0.2, 0.25) is 0 Å². The average Bonchev–Trinajstić information content (AvgIpc) is 2.72. The monoisotopic (exact) mass is 344 g/mol. The van der Waals surface area contributed by atoms with E-state index >= 15 is 0 Å². The number of hydrogen-bond donors (Lipinski definition) is 1. The maximum absolute atomic E-state index is 6.22. The molecule has 0 atom stereocenters. The highest BCUT2D eigenvalue weighted by molar-refractivity contribution is 9.11. The molecule has 2 rings (SSSR count). The van der Waals surface area contributed by atoms with Crippen LogP contribution in [0.5, 0.6) is 0 Å². The SMILES string of the molecule is CN(C)c1c(Cl)cccc1NCc1csc(Br)c1. The highest BCUT2D eigenvalue weighted by Gasteiger charge is 2.08. The van der Waals surface area contributed by atoms with Gasteiger partial charge in [0.1, 0.15) is 0 Å². The van der Waals surface area contributed by atoms with Gasteiger partial charge in [-0.15, -0.1) is 11.3 Å². The zero-order valence-electron chi connectivity index (χ0n) is 10.2. The lowest BCUT2D eigenvalue weighted by Crippen LogP contribution is -2.12. The van der Waals surface area contributed by atoms with Crippen molar-refractivity contribution in [2.24, 2.45) is 0 Å². The summed E-state index contributed by atoms with van der Waals surface area (Å²) in [7, 11) is 3.99. The molecule has 18 heavy (non-hydrogen) atoms. The molecule has 0 bridgehead atoms. The van der Waals surface area contributed by atoms with Gasteiger partial charge in [-0.3, -0.25) is 0 Å². The van der Waals surface area contributed by atoms with Crippen LogP contribution in [-0.4, -0.2) is 14.1 Å². The topological polar surface area (TPSA) is 15.3 Å². The minimum Gasteiger partial charge on any atom is -0.379 e. The number of para-hydroxylation sites is 1. The molecule has 0 saturated carbocycles. The predicted octanol–water partition coefficient (Wildman–Crippen LogP) is 4.84. The Labute approximate surface area is 125 Å². The minimum absolute atomic E-state index is 0.761. The third-order valence-electron chi connectivity index (χ3n) is 2.54. The lowest BCUT2D eigenvalue weighted by Gasteiger charge is -2.19. The lowest BCUT2D eigenvalue weighted by atomic mass is 10.2. The van der Waals surface area contributed by atoms with Gasteiger partial charge in [-0.2, -0.15) is 0 Å². The van der Waals surface area contributed by atoms with Crippen molar-refractivity contribution >= 4 is 50.2 Å². The van der Waals surface area contributed by atoms with Crippen LogP contribution < -0.4 is 10.2 Å². The van der Waals surface area contributed by atoms with Gasteiger partial charge in [0.25, 0.3) is 0 Å². The predicted molar refractivity (Wildman–Crippen MR) is 85.1 cm³/mol. The summed E-state index contributed by atoms with van der Waals surface area (Å²) in [5.74, 6) is 0. The van der Waals surface area contributed by atoms with Crippen LogP contribution in [0.15, 0.2) is 33.4 Å². The fourth-order valence-electron chi connectivity index (χ4n) is 1.75. The molecule has 1 N–H and O–H groups in total. The number of nitrogens with zero attached hydrogens (tertiary/aromatic N) is 1. The summed E-state index contributed by atoms with van der Waals surface area (Å²) in [6.07, 6.45) is 0. The Hall–Kier alpha value is -0.710. The summed E-state index contributed by atoms with van der Waals surface area (Å²) in [5, 5.41) is 6.32. The van der Waals surface area contributed by atoms with Crippen LogP contribution in [0.3, 0.4) is 0 Å². The van der Waals surface area contributed by atoms with Crippen LogP contribution >= 0.6 is 38.9 Å². The van der Waals surface area contributed by atoms with Crippen LogP contribution in [0.1, 0.15) is 5.56 Å². The van der Waals surface area contributed by atoms with Gasteiger partial charge < -0.3 is 10.2 Å². The number of benzene rings is 1. The molecule has 0 aliphatic heterocycles. The van der Waals surface area contributed by atoms with E-state index in [4.69, 9.17) is 11.6 Å². The molecule has 1 aromatic heterocycles. The number of hydrogen-bond acceptors (Lipinski definition) is 3. The number of thiophene rings is 1. The number of halogens is 2. The molecular formula is C13H14BrClN2S. The first-order valence-electron chi connectivity index (χ1n) is 5.50. The summed E-state index contributed by atoms with van der Waals surface area (Å²) < 4.78 is 1.15. The van der Waals surface area contributed by atoms with Gasteiger partial charge in [-0.05, 0) is 45.1 Å². The lowest BCUT2D eigenvalue weighted by molar-refractivity contribution is 1.10. The van der Waals surface area contributed by atoms with Crippen molar-refractivity contribution in [1.29, 1.82) is 0 Å². The van der Waals surface area contributed by atoms with Crippen molar-refractivity contribution in [2.75, 3.05) is 24.3 Å². The summed E-state index contributed by atoms with van der Waals surface area (Å²) in [6.45, 7) is 0.795. The van der Waals surface area contributed by atoms with E-state index in [1.807, 2.05) is 37.2 Å². The van der Waals surface area contributed by atoms with E-state index in [0.717, 1.165) is 26.7 Å². The molecular weight excluding hydrogens is 332 g/mol. The molecule has 5 heteroatoms. The Balaban J connectivity index is 2.16. The summed E-state index contributed by atoms with van der Waals surface area (Å²) >= 11 is 11.4. The van der Waals surface area contributed by atoms with Crippen LogP contribution in [0.2, 0.25) is 5.02 Å². The molecule has 0 radical (unpaired) electrons. The Bertz CT molecular complexity index is 540. The second kappa shape index (κ2) is 5.95. The van der Waals surface area contributed by atoms with Crippen molar-refractivity contribution < 1.29 is 0 Å². The maximum Gasteiger partial charge on any atom is 0.0786 e. The van der Waals surface area contributed by atoms with Gasteiger partial charge in [0.05, 0.1) is 20.2 Å². The molecule has 0 unspecified atom stereocenters. The van der Waals surface area contributed by atoms with Crippen molar-refractivity contribution in [3.8, 4) is 0 Å². The molecule has 0 spiro atoms. The molecule has 2 nitrogen and oxygen atoms in total. The highest BCUT2D eigenvalue weighted by atomic mass is 79.9. The van der Waals surface area contributed by atoms with E-state index in [9.17, 15) is 0 Å². The van der Waals surface area contributed by atoms with Crippen LogP contribution in [-0.2, 0) is 6.54 Å². The Morgan fingerprint density at radius 2 is 2.17 bits per heavy atom. The largest absolute Gasteiger partial charge is 0.379 e. The standard InChI is InChI=1S/C13H14BrClN2S/c1-17(2)13-10(15)4-3-5-11(13)16-7-9-6-12(14)18-8-9/h3-6,8,16H,7H2,1-2H3. The van der Waals surface area contributed by atoms with E-state index in [1.54, 1.807) is 11.3 Å². The first kappa shape index (κ1) is 13.7. The van der Waals surface area contributed by atoms with Crippen molar-refractivity contribution in [1.82, 2.24) is 0 Å². The second-order valence-corrected chi connectivity index (χ2v) is 6.84.